The molecule has 6 rings (SSSR count). The number of halogens is 1. The van der Waals surface area contributed by atoms with Crippen LogP contribution in [-0.4, -0.2) is 55.7 Å². The molecule has 5 aromatic rings. The molecule has 3 heterocycles. The first kappa shape index (κ1) is 29.9. The smallest absolute Gasteiger partial charge is 0.255 e. The van der Waals surface area contributed by atoms with Gasteiger partial charge in [-0.05, 0) is 60.0 Å². The average molecular weight is 623 g/mol. The van der Waals surface area contributed by atoms with E-state index in [2.05, 4.69) is 15.4 Å². The van der Waals surface area contributed by atoms with E-state index in [0.717, 1.165) is 27.8 Å². The number of aryl methyl sites for hydroxylation is 1. The lowest BCUT2D eigenvalue weighted by Crippen LogP contribution is -2.38. The second-order valence-electron chi connectivity index (χ2n) is 10.9. The van der Waals surface area contributed by atoms with Crippen molar-refractivity contribution in [2.24, 2.45) is 7.05 Å². The van der Waals surface area contributed by atoms with Crippen LogP contribution in [0.1, 0.15) is 32.7 Å². The molecule has 0 saturated carbocycles. The van der Waals surface area contributed by atoms with Gasteiger partial charge in [-0.3, -0.25) is 14.3 Å². The molecule has 45 heavy (non-hydrogen) atoms. The summed E-state index contributed by atoms with van der Waals surface area (Å²) in [6.07, 6.45) is 5.77. The van der Waals surface area contributed by atoms with Gasteiger partial charge in [0.2, 0.25) is 0 Å². The van der Waals surface area contributed by atoms with E-state index in [4.69, 9.17) is 22.1 Å². The van der Waals surface area contributed by atoms with Gasteiger partial charge in [0, 0.05) is 66.9 Å². The molecule has 2 aromatic heterocycles. The third kappa shape index (κ3) is 6.67. The highest BCUT2D eigenvalue weighted by Gasteiger charge is 2.29. The third-order valence-corrected chi connectivity index (χ3v) is 8.05. The van der Waals surface area contributed by atoms with Gasteiger partial charge < -0.3 is 25.8 Å². The lowest BCUT2D eigenvalue weighted by Gasteiger charge is -2.18. The van der Waals surface area contributed by atoms with Crippen molar-refractivity contribution in [3.8, 4) is 33.8 Å². The number of aliphatic hydroxyl groups is 1. The molecular weight excluding hydrogens is 592 g/mol. The first-order chi connectivity index (χ1) is 21.8. The SMILES string of the molecule is Cn1cc(-c2cnc(N)c(C(=O)N[C@@H]3CCN(C(=O)c4ccc(-c5ccc(Oc6ccc(CO)cc6)cc5Cl)cc4)C3)c2)cn1. The highest BCUT2D eigenvalue weighted by molar-refractivity contribution is 6.33. The standard InChI is InChI=1S/C34H31ClN6O4/c1-40-18-25(17-38-40)24-14-30(32(36)37-16-24)33(43)39-26-12-13-41(19-26)34(44)23-6-4-22(5-7-23)29-11-10-28(15-31(29)35)45-27-8-2-21(20-42)3-9-27/h2-11,14-18,26,42H,12-13,19-20H2,1H3,(H2,36,37)(H,39,43)/t26-/m1/s1. The second kappa shape index (κ2) is 12.8. The number of hydrogen-bond acceptors (Lipinski definition) is 7. The predicted octanol–water partition coefficient (Wildman–Crippen LogP) is 5.31. The minimum Gasteiger partial charge on any atom is -0.457 e. The van der Waals surface area contributed by atoms with Crippen molar-refractivity contribution in [1.82, 2.24) is 25.0 Å². The van der Waals surface area contributed by atoms with Crippen molar-refractivity contribution in [3.05, 3.63) is 113 Å². The molecular formula is C34H31ClN6O4. The quantitative estimate of drug-likeness (QED) is 0.213. The van der Waals surface area contributed by atoms with Crippen LogP contribution in [0.2, 0.25) is 5.02 Å². The number of anilines is 1. The number of hydrogen-bond donors (Lipinski definition) is 3. The Kier molecular flexibility index (Phi) is 8.50. The average Bonchev–Trinajstić information content (AvgIpc) is 3.70. The normalized spacial score (nSPS) is 14.4. The summed E-state index contributed by atoms with van der Waals surface area (Å²) in [7, 11) is 1.82. The van der Waals surface area contributed by atoms with Crippen LogP contribution in [0.15, 0.2) is 91.4 Å². The molecule has 1 atom stereocenters. The minimum atomic E-state index is -0.331. The predicted molar refractivity (Wildman–Crippen MR) is 172 cm³/mol. The van der Waals surface area contributed by atoms with Crippen molar-refractivity contribution < 1.29 is 19.4 Å². The van der Waals surface area contributed by atoms with Crippen LogP contribution in [0.4, 0.5) is 5.82 Å². The van der Waals surface area contributed by atoms with Gasteiger partial charge in [0.1, 0.15) is 17.3 Å². The molecule has 1 aliphatic heterocycles. The molecule has 0 spiro atoms. The number of carbonyl (C=O) groups is 2. The maximum absolute atomic E-state index is 13.3. The summed E-state index contributed by atoms with van der Waals surface area (Å²) in [5.74, 6) is 0.922. The minimum absolute atomic E-state index is 0.0280. The van der Waals surface area contributed by atoms with Crippen molar-refractivity contribution >= 4 is 29.2 Å². The number of nitrogens with two attached hydrogens (primary N) is 1. The Bertz CT molecular complexity index is 1860. The van der Waals surface area contributed by atoms with Crippen molar-refractivity contribution in [3.63, 3.8) is 0 Å². The molecule has 2 amide bonds. The first-order valence-corrected chi connectivity index (χ1v) is 14.8. The summed E-state index contributed by atoms with van der Waals surface area (Å²) in [6.45, 7) is 0.878. The van der Waals surface area contributed by atoms with E-state index < -0.39 is 0 Å². The molecule has 0 unspecified atom stereocenters. The fourth-order valence-corrected chi connectivity index (χ4v) is 5.56. The summed E-state index contributed by atoms with van der Waals surface area (Å²) in [6, 6.07) is 21.4. The Labute approximate surface area is 265 Å². The number of rotatable bonds is 8. The van der Waals surface area contributed by atoms with Crippen LogP contribution in [0.5, 0.6) is 11.5 Å². The zero-order chi connectivity index (χ0) is 31.5. The Morgan fingerprint density at radius 2 is 1.76 bits per heavy atom. The summed E-state index contributed by atoms with van der Waals surface area (Å²) in [4.78, 5) is 32.3. The number of pyridine rings is 1. The Morgan fingerprint density at radius 3 is 2.44 bits per heavy atom. The molecule has 1 saturated heterocycles. The highest BCUT2D eigenvalue weighted by atomic mass is 35.5. The van der Waals surface area contributed by atoms with E-state index >= 15 is 0 Å². The number of aromatic nitrogens is 3. The number of likely N-dealkylation sites (tertiary alicyclic amines) is 1. The first-order valence-electron chi connectivity index (χ1n) is 14.4. The third-order valence-electron chi connectivity index (χ3n) is 7.74. The van der Waals surface area contributed by atoms with Crippen LogP contribution in [-0.2, 0) is 13.7 Å². The molecule has 10 nitrogen and oxygen atoms in total. The molecule has 228 valence electrons. The van der Waals surface area contributed by atoms with Crippen molar-refractivity contribution in [2.45, 2.75) is 19.1 Å². The number of carbonyl (C=O) groups excluding carboxylic acids is 2. The molecule has 0 aliphatic carbocycles. The number of amides is 2. The van der Waals surface area contributed by atoms with Crippen LogP contribution in [0.3, 0.4) is 0 Å². The summed E-state index contributed by atoms with van der Waals surface area (Å²) in [5.41, 5.74) is 10.9. The molecule has 0 bridgehead atoms. The fraction of sp³-hybridized carbons (Fsp3) is 0.176. The van der Waals surface area contributed by atoms with E-state index in [0.29, 0.717) is 41.6 Å². The van der Waals surface area contributed by atoms with Gasteiger partial charge in [0.15, 0.2) is 0 Å². The molecule has 11 heteroatoms. The summed E-state index contributed by atoms with van der Waals surface area (Å²) >= 11 is 6.60. The monoisotopic (exact) mass is 622 g/mol. The fourth-order valence-electron chi connectivity index (χ4n) is 5.28. The van der Waals surface area contributed by atoms with Gasteiger partial charge in [-0.25, -0.2) is 4.98 Å². The molecule has 1 aliphatic rings. The summed E-state index contributed by atoms with van der Waals surface area (Å²) < 4.78 is 7.56. The van der Waals surface area contributed by atoms with Gasteiger partial charge >= 0.3 is 0 Å². The highest BCUT2D eigenvalue weighted by Crippen LogP contribution is 2.33. The van der Waals surface area contributed by atoms with Crippen molar-refractivity contribution in [2.75, 3.05) is 18.8 Å². The second-order valence-corrected chi connectivity index (χ2v) is 11.3. The number of ether oxygens (including phenoxy) is 1. The zero-order valence-corrected chi connectivity index (χ0v) is 25.2. The van der Waals surface area contributed by atoms with Gasteiger partial charge in [-0.1, -0.05) is 35.9 Å². The Morgan fingerprint density at radius 1 is 1.00 bits per heavy atom. The largest absolute Gasteiger partial charge is 0.457 e. The van der Waals surface area contributed by atoms with Crippen LogP contribution >= 0.6 is 11.6 Å². The van der Waals surface area contributed by atoms with Crippen LogP contribution in [0, 0.1) is 0 Å². The van der Waals surface area contributed by atoms with Gasteiger partial charge in [0.05, 0.1) is 23.4 Å². The van der Waals surface area contributed by atoms with E-state index in [-0.39, 0.29) is 35.8 Å². The topological polar surface area (TPSA) is 136 Å². The van der Waals surface area contributed by atoms with Gasteiger partial charge in [0.25, 0.3) is 11.8 Å². The number of nitrogens with one attached hydrogen (secondary N) is 1. The number of nitrogen functional groups attached to an aromatic ring is 1. The Hall–Kier alpha value is -5.19. The number of benzene rings is 3. The van der Waals surface area contributed by atoms with Crippen LogP contribution < -0.4 is 15.8 Å². The number of aliphatic hydroxyl groups excluding tert-OH is 1. The molecule has 1 fully saturated rings. The zero-order valence-electron chi connectivity index (χ0n) is 24.5. The van der Waals surface area contributed by atoms with Gasteiger partial charge in [-0.15, -0.1) is 0 Å². The summed E-state index contributed by atoms with van der Waals surface area (Å²) in [5, 5.41) is 16.9. The lowest BCUT2D eigenvalue weighted by molar-refractivity contribution is 0.0783. The van der Waals surface area contributed by atoms with E-state index in [1.165, 1.54) is 0 Å². The van der Waals surface area contributed by atoms with Crippen molar-refractivity contribution in [1.29, 1.82) is 0 Å². The van der Waals surface area contributed by atoms with Crippen LogP contribution in [0.25, 0.3) is 22.3 Å². The van der Waals surface area contributed by atoms with E-state index in [1.54, 1.807) is 70.5 Å². The van der Waals surface area contributed by atoms with Gasteiger partial charge in [-0.2, -0.15) is 5.10 Å². The maximum atomic E-state index is 13.3. The lowest BCUT2D eigenvalue weighted by atomic mass is 10.0. The number of nitrogens with zero attached hydrogens (tertiary/aromatic N) is 4. The van der Waals surface area contributed by atoms with E-state index in [9.17, 15) is 14.7 Å². The molecule has 0 radical (unpaired) electrons. The Balaban J connectivity index is 1.07. The van der Waals surface area contributed by atoms with E-state index in [1.807, 2.05) is 37.5 Å². The molecule has 3 aromatic carbocycles. The molecule has 4 N–H and O–H groups in total. The maximum Gasteiger partial charge on any atom is 0.255 e.